The van der Waals surface area contributed by atoms with Crippen LogP contribution in [0.3, 0.4) is 0 Å². The first kappa shape index (κ1) is 26.9. The summed E-state index contributed by atoms with van der Waals surface area (Å²) in [7, 11) is -0.565. The zero-order valence-electron chi connectivity index (χ0n) is 21.9. The van der Waals surface area contributed by atoms with Crippen molar-refractivity contribution in [3.8, 4) is 5.75 Å². The maximum absolute atomic E-state index is 13.7. The summed E-state index contributed by atoms with van der Waals surface area (Å²) in [5.74, 6) is 0.413. The van der Waals surface area contributed by atoms with Crippen LogP contribution < -0.4 is 10.1 Å². The second-order valence-electron chi connectivity index (χ2n) is 9.63. The highest BCUT2D eigenvalue weighted by Crippen LogP contribution is 2.29. The molecule has 2 aromatic carbocycles. The number of hydrogen-bond acceptors (Lipinski definition) is 6. The molecular weight excluding hydrogens is 490 g/mol. The number of nitrogens with one attached hydrogen (secondary N) is 1. The standard InChI is InChI=1S/C28H35N3O5S/c1-20-13-26(35-4)14-21(2)27(20)37(33,34)30(3)17-25-15-22(16-29-28(32)24-9-12-36-19-24)7-8-23(25)18-31-10-5-6-11-31/h7-9,12-15,19H,5-6,10-11,16-18H2,1-4H3,(H,29,32). The lowest BCUT2D eigenvalue weighted by Crippen LogP contribution is -2.29. The SMILES string of the molecule is COc1cc(C)c(S(=O)(=O)N(C)Cc2cc(CNC(=O)c3ccoc3)ccc2CN2CCCC2)c(C)c1. The number of carbonyl (C=O) groups excluding carboxylic acids is 1. The molecule has 1 aliphatic rings. The van der Waals surface area contributed by atoms with Gasteiger partial charge in [0.05, 0.1) is 23.8 Å². The molecule has 1 amide bonds. The molecule has 1 saturated heterocycles. The van der Waals surface area contributed by atoms with Crippen LogP contribution >= 0.6 is 0 Å². The lowest BCUT2D eigenvalue weighted by atomic mass is 10.0. The second kappa shape index (κ2) is 11.5. The van der Waals surface area contributed by atoms with E-state index in [1.54, 1.807) is 46.2 Å². The molecule has 0 spiro atoms. The number of amides is 1. The minimum atomic E-state index is -3.75. The van der Waals surface area contributed by atoms with Gasteiger partial charge in [-0.25, -0.2) is 8.42 Å². The Kier molecular flexibility index (Phi) is 8.36. The third-order valence-electron chi connectivity index (χ3n) is 6.83. The number of ether oxygens (including phenoxy) is 1. The van der Waals surface area contributed by atoms with Gasteiger partial charge in [-0.15, -0.1) is 0 Å². The summed E-state index contributed by atoms with van der Waals surface area (Å²) in [6, 6.07) is 11.2. The molecule has 1 fully saturated rings. The lowest BCUT2D eigenvalue weighted by Gasteiger charge is -2.24. The van der Waals surface area contributed by atoms with Crippen molar-refractivity contribution in [2.24, 2.45) is 0 Å². The van der Waals surface area contributed by atoms with Crippen molar-refractivity contribution in [1.29, 1.82) is 0 Å². The van der Waals surface area contributed by atoms with Crippen LogP contribution in [0.4, 0.5) is 0 Å². The van der Waals surface area contributed by atoms with Crippen LogP contribution in [0.25, 0.3) is 0 Å². The molecule has 198 valence electrons. The Labute approximate surface area is 219 Å². The van der Waals surface area contributed by atoms with Crippen molar-refractivity contribution in [2.75, 3.05) is 27.2 Å². The summed E-state index contributed by atoms with van der Waals surface area (Å²) >= 11 is 0. The van der Waals surface area contributed by atoms with E-state index in [0.717, 1.165) is 36.3 Å². The fraction of sp³-hybridized carbons (Fsp3) is 0.393. The van der Waals surface area contributed by atoms with Crippen molar-refractivity contribution < 1.29 is 22.4 Å². The van der Waals surface area contributed by atoms with Gasteiger partial charge in [-0.1, -0.05) is 18.2 Å². The summed E-state index contributed by atoms with van der Waals surface area (Å²) in [5, 5.41) is 2.90. The number of methoxy groups -OCH3 is 1. The highest BCUT2D eigenvalue weighted by atomic mass is 32.2. The van der Waals surface area contributed by atoms with Gasteiger partial charge in [0.1, 0.15) is 12.0 Å². The van der Waals surface area contributed by atoms with Crippen LogP contribution in [-0.4, -0.2) is 50.8 Å². The van der Waals surface area contributed by atoms with E-state index in [2.05, 4.69) is 16.3 Å². The molecule has 1 aromatic heterocycles. The zero-order valence-corrected chi connectivity index (χ0v) is 22.7. The molecular formula is C28H35N3O5S. The summed E-state index contributed by atoms with van der Waals surface area (Å²) < 4.78 is 39.1. The molecule has 0 bridgehead atoms. The predicted octanol–water partition coefficient (Wildman–Crippen LogP) is 4.25. The van der Waals surface area contributed by atoms with Gasteiger partial charge in [0.15, 0.2) is 0 Å². The number of carbonyl (C=O) groups is 1. The van der Waals surface area contributed by atoms with Gasteiger partial charge in [-0.2, -0.15) is 4.31 Å². The molecule has 0 unspecified atom stereocenters. The molecule has 1 N–H and O–H groups in total. The van der Waals surface area contributed by atoms with Crippen LogP contribution in [0, 0.1) is 13.8 Å². The Hall–Kier alpha value is -3.14. The van der Waals surface area contributed by atoms with Gasteiger partial charge in [-0.05, 0) is 85.8 Å². The average Bonchev–Trinajstić information content (AvgIpc) is 3.58. The Morgan fingerprint density at radius 2 is 1.78 bits per heavy atom. The minimum absolute atomic E-state index is 0.221. The monoisotopic (exact) mass is 525 g/mol. The van der Waals surface area contributed by atoms with Gasteiger partial charge in [0.25, 0.3) is 5.91 Å². The molecule has 3 aromatic rings. The molecule has 0 saturated carbocycles. The number of sulfonamides is 1. The first-order chi connectivity index (χ1) is 17.7. The van der Waals surface area contributed by atoms with Crippen molar-refractivity contribution in [3.05, 3.63) is 82.3 Å². The predicted molar refractivity (Wildman–Crippen MR) is 142 cm³/mol. The third-order valence-corrected chi connectivity index (χ3v) is 8.94. The molecule has 0 radical (unpaired) electrons. The van der Waals surface area contributed by atoms with Gasteiger partial charge >= 0.3 is 0 Å². The van der Waals surface area contributed by atoms with Crippen LogP contribution in [0.2, 0.25) is 0 Å². The molecule has 9 heteroatoms. The number of nitrogens with zero attached hydrogens (tertiary/aromatic N) is 2. The van der Waals surface area contributed by atoms with E-state index in [9.17, 15) is 13.2 Å². The van der Waals surface area contributed by atoms with E-state index >= 15 is 0 Å². The maximum atomic E-state index is 13.7. The number of benzene rings is 2. The molecule has 0 atom stereocenters. The Morgan fingerprint density at radius 1 is 1.08 bits per heavy atom. The van der Waals surface area contributed by atoms with Crippen LogP contribution in [0.5, 0.6) is 5.75 Å². The van der Waals surface area contributed by atoms with E-state index in [-0.39, 0.29) is 12.5 Å². The first-order valence-electron chi connectivity index (χ1n) is 12.4. The minimum Gasteiger partial charge on any atom is -0.497 e. The molecule has 4 rings (SSSR count). The summed E-state index contributed by atoms with van der Waals surface area (Å²) in [6.07, 6.45) is 5.22. The normalized spacial score (nSPS) is 14.3. The van der Waals surface area contributed by atoms with E-state index in [1.165, 1.54) is 29.7 Å². The Bertz CT molecular complexity index is 1320. The summed E-state index contributed by atoms with van der Waals surface area (Å²) in [5.41, 5.74) is 4.68. The van der Waals surface area contributed by atoms with Crippen molar-refractivity contribution >= 4 is 15.9 Å². The quantitative estimate of drug-likeness (QED) is 0.426. The average molecular weight is 526 g/mol. The van der Waals surface area contributed by atoms with E-state index in [4.69, 9.17) is 9.15 Å². The molecule has 0 aliphatic carbocycles. The molecule has 1 aliphatic heterocycles. The van der Waals surface area contributed by atoms with Crippen LogP contribution in [0.15, 0.2) is 58.2 Å². The summed E-state index contributed by atoms with van der Waals surface area (Å²) in [4.78, 5) is 15.1. The van der Waals surface area contributed by atoms with E-state index in [1.807, 2.05) is 12.1 Å². The van der Waals surface area contributed by atoms with Crippen LogP contribution in [-0.2, 0) is 29.7 Å². The van der Waals surface area contributed by atoms with Gasteiger partial charge in [0.2, 0.25) is 10.0 Å². The number of aryl methyl sites for hydroxylation is 2. The van der Waals surface area contributed by atoms with E-state index < -0.39 is 10.0 Å². The van der Waals surface area contributed by atoms with Crippen molar-refractivity contribution in [3.63, 3.8) is 0 Å². The van der Waals surface area contributed by atoms with Gasteiger partial charge in [0, 0.05) is 26.7 Å². The third kappa shape index (κ3) is 6.23. The summed E-state index contributed by atoms with van der Waals surface area (Å²) in [6.45, 7) is 6.98. The second-order valence-corrected chi connectivity index (χ2v) is 11.6. The Balaban J connectivity index is 1.59. The molecule has 37 heavy (non-hydrogen) atoms. The zero-order chi connectivity index (χ0) is 26.6. The number of furan rings is 1. The maximum Gasteiger partial charge on any atom is 0.254 e. The highest BCUT2D eigenvalue weighted by molar-refractivity contribution is 7.89. The first-order valence-corrected chi connectivity index (χ1v) is 13.9. The largest absolute Gasteiger partial charge is 0.497 e. The molecule has 8 nitrogen and oxygen atoms in total. The number of rotatable bonds is 10. The number of hydrogen-bond donors (Lipinski definition) is 1. The fourth-order valence-corrected chi connectivity index (χ4v) is 6.42. The molecule has 2 heterocycles. The van der Waals surface area contributed by atoms with Crippen molar-refractivity contribution in [1.82, 2.24) is 14.5 Å². The fourth-order valence-electron chi connectivity index (χ4n) is 4.87. The van der Waals surface area contributed by atoms with Gasteiger partial charge < -0.3 is 14.5 Å². The van der Waals surface area contributed by atoms with Crippen LogP contribution in [0.1, 0.15) is 51.0 Å². The van der Waals surface area contributed by atoms with Crippen molar-refractivity contribution in [2.45, 2.75) is 51.2 Å². The smallest absolute Gasteiger partial charge is 0.254 e. The topological polar surface area (TPSA) is 92.1 Å². The lowest BCUT2D eigenvalue weighted by molar-refractivity contribution is 0.0950. The highest BCUT2D eigenvalue weighted by Gasteiger charge is 2.27. The van der Waals surface area contributed by atoms with E-state index in [0.29, 0.717) is 33.9 Å². The van der Waals surface area contributed by atoms with Gasteiger partial charge in [-0.3, -0.25) is 9.69 Å². The number of likely N-dealkylation sites (tertiary alicyclic amines) is 1. The Morgan fingerprint density at radius 3 is 2.41 bits per heavy atom.